The summed E-state index contributed by atoms with van der Waals surface area (Å²) in [6.07, 6.45) is -2.19. The quantitative estimate of drug-likeness (QED) is 0.718. The molecule has 0 atom stereocenters. The Morgan fingerprint density at radius 2 is 1.93 bits per heavy atom. The fourth-order valence-electron chi connectivity index (χ4n) is 1.15. The normalized spacial score (nSPS) is 12.1. The molecule has 0 aromatic carbocycles. The molecule has 1 nitrogen and oxygen atoms in total. The van der Waals surface area contributed by atoms with Crippen molar-refractivity contribution in [1.82, 2.24) is 4.98 Å². The van der Waals surface area contributed by atoms with Gasteiger partial charge in [0.1, 0.15) is 0 Å². The van der Waals surface area contributed by atoms with E-state index >= 15 is 0 Å². The van der Waals surface area contributed by atoms with Gasteiger partial charge in [-0.25, -0.2) is 0 Å². The molecule has 0 amide bonds. The summed E-state index contributed by atoms with van der Waals surface area (Å²) in [5.41, 5.74) is 1.07. The van der Waals surface area contributed by atoms with Gasteiger partial charge in [-0.15, -0.1) is 0 Å². The third kappa shape index (κ3) is 3.36. The second kappa shape index (κ2) is 3.98. The summed E-state index contributed by atoms with van der Waals surface area (Å²) in [7, 11) is 0. The predicted octanol–water partition coefficient (Wildman–Crippen LogP) is 3.31. The number of pyridine rings is 1. The molecule has 1 aromatic rings. The molecular weight excluding hydrogens is 191 g/mol. The van der Waals surface area contributed by atoms with Crippen LogP contribution in [-0.4, -0.2) is 11.2 Å². The first-order valence-electron chi connectivity index (χ1n) is 4.39. The Hall–Kier alpha value is -1.06. The van der Waals surface area contributed by atoms with Gasteiger partial charge < -0.3 is 0 Å². The molecule has 0 bridgehead atoms. The maximum absolute atomic E-state index is 12.0. The van der Waals surface area contributed by atoms with E-state index < -0.39 is 12.6 Å². The van der Waals surface area contributed by atoms with Crippen molar-refractivity contribution >= 4 is 0 Å². The van der Waals surface area contributed by atoms with Gasteiger partial charge in [0.15, 0.2) is 0 Å². The topological polar surface area (TPSA) is 12.9 Å². The number of alkyl halides is 3. The summed E-state index contributed by atoms with van der Waals surface area (Å²) in [4.78, 5) is 3.79. The van der Waals surface area contributed by atoms with Gasteiger partial charge >= 0.3 is 6.18 Å². The van der Waals surface area contributed by atoms with Gasteiger partial charge in [-0.05, 0) is 17.0 Å². The van der Waals surface area contributed by atoms with Crippen molar-refractivity contribution in [3.05, 3.63) is 29.6 Å². The largest absolute Gasteiger partial charge is 0.393 e. The van der Waals surface area contributed by atoms with Gasteiger partial charge in [0.25, 0.3) is 0 Å². The Balaban J connectivity index is 2.84. The molecule has 0 saturated heterocycles. The van der Waals surface area contributed by atoms with Crippen LogP contribution in [0.4, 0.5) is 13.2 Å². The van der Waals surface area contributed by atoms with Crippen molar-refractivity contribution in [2.75, 3.05) is 0 Å². The highest BCUT2D eigenvalue weighted by Gasteiger charge is 2.27. The van der Waals surface area contributed by atoms with E-state index in [0.717, 1.165) is 5.56 Å². The Labute approximate surface area is 81.0 Å². The number of nitrogens with zero attached hydrogens (tertiary/aromatic N) is 1. The molecule has 1 heterocycles. The SMILES string of the molecule is CC(C)c1cncc(CC(F)(F)F)c1. The van der Waals surface area contributed by atoms with Gasteiger partial charge in [-0.2, -0.15) is 13.2 Å². The highest BCUT2D eigenvalue weighted by Crippen LogP contribution is 2.22. The minimum Gasteiger partial charge on any atom is -0.264 e. The smallest absolute Gasteiger partial charge is 0.264 e. The zero-order valence-corrected chi connectivity index (χ0v) is 8.10. The summed E-state index contributed by atoms with van der Waals surface area (Å²) in [5, 5.41) is 0. The first-order valence-corrected chi connectivity index (χ1v) is 4.39. The second-order valence-corrected chi connectivity index (χ2v) is 3.57. The highest BCUT2D eigenvalue weighted by atomic mass is 19.4. The molecule has 0 fully saturated rings. The monoisotopic (exact) mass is 203 g/mol. The molecule has 0 aliphatic rings. The number of aromatic nitrogens is 1. The van der Waals surface area contributed by atoms with Crippen molar-refractivity contribution in [1.29, 1.82) is 0 Å². The summed E-state index contributed by atoms with van der Waals surface area (Å²) in [5.74, 6) is 0.204. The molecule has 0 saturated carbocycles. The molecule has 4 heteroatoms. The molecule has 0 unspecified atom stereocenters. The lowest BCUT2D eigenvalue weighted by Crippen LogP contribution is -2.12. The number of hydrogen-bond donors (Lipinski definition) is 0. The molecule has 0 aliphatic heterocycles. The van der Waals surface area contributed by atoms with E-state index in [1.54, 1.807) is 12.3 Å². The van der Waals surface area contributed by atoms with Crippen LogP contribution in [-0.2, 0) is 6.42 Å². The lowest BCUT2D eigenvalue weighted by atomic mass is 10.0. The molecule has 0 radical (unpaired) electrons. The Bertz CT molecular complexity index is 304. The molecule has 0 aliphatic carbocycles. The van der Waals surface area contributed by atoms with Crippen molar-refractivity contribution in [3.63, 3.8) is 0 Å². The van der Waals surface area contributed by atoms with Crippen LogP contribution in [0.1, 0.15) is 30.9 Å². The average molecular weight is 203 g/mol. The Kier molecular flexibility index (Phi) is 3.13. The molecule has 1 rings (SSSR count). The standard InChI is InChI=1S/C10H12F3N/c1-7(2)9-3-8(5-14-6-9)4-10(11,12)13/h3,5-7H,4H2,1-2H3. The summed E-state index contributed by atoms with van der Waals surface area (Å²) < 4.78 is 36.1. The first kappa shape index (κ1) is 11.0. The Morgan fingerprint density at radius 3 is 2.43 bits per heavy atom. The van der Waals surface area contributed by atoms with Crippen LogP contribution in [0.5, 0.6) is 0 Å². The molecule has 78 valence electrons. The van der Waals surface area contributed by atoms with Crippen LogP contribution in [0, 0.1) is 0 Å². The van der Waals surface area contributed by atoms with Gasteiger partial charge in [0.05, 0.1) is 6.42 Å². The first-order chi connectivity index (χ1) is 6.38. The molecule has 0 spiro atoms. The average Bonchev–Trinajstić information content (AvgIpc) is 2.01. The van der Waals surface area contributed by atoms with Crippen molar-refractivity contribution in [2.45, 2.75) is 32.4 Å². The lowest BCUT2D eigenvalue weighted by molar-refractivity contribution is -0.127. The Morgan fingerprint density at radius 1 is 1.29 bits per heavy atom. The van der Waals surface area contributed by atoms with Crippen LogP contribution in [0.2, 0.25) is 0 Å². The lowest BCUT2D eigenvalue weighted by Gasteiger charge is -2.09. The van der Waals surface area contributed by atoms with Crippen molar-refractivity contribution in [2.24, 2.45) is 0 Å². The van der Waals surface area contributed by atoms with Crippen LogP contribution in [0.25, 0.3) is 0 Å². The molecule has 1 aromatic heterocycles. The molecule has 0 N–H and O–H groups in total. The van der Waals surface area contributed by atoms with Gasteiger partial charge in [0, 0.05) is 12.4 Å². The van der Waals surface area contributed by atoms with E-state index in [1.807, 2.05) is 13.8 Å². The van der Waals surface area contributed by atoms with E-state index in [-0.39, 0.29) is 11.5 Å². The number of hydrogen-bond acceptors (Lipinski definition) is 1. The van der Waals surface area contributed by atoms with Crippen LogP contribution < -0.4 is 0 Å². The van der Waals surface area contributed by atoms with Gasteiger partial charge in [0.2, 0.25) is 0 Å². The molecular formula is C10H12F3N. The highest BCUT2D eigenvalue weighted by molar-refractivity contribution is 5.21. The minimum absolute atomic E-state index is 0.204. The number of rotatable bonds is 2. The number of halogens is 3. The van der Waals surface area contributed by atoms with Gasteiger partial charge in [-0.1, -0.05) is 19.9 Å². The maximum atomic E-state index is 12.0. The van der Waals surface area contributed by atoms with E-state index in [4.69, 9.17) is 0 Å². The fourth-order valence-corrected chi connectivity index (χ4v) is 1.15. The van der Waals surface area contributed by atoms with Crippen LogP contribution >= 0.6 is 0 Å². The van der Waals surface area contributed by atoms with E-state index in [1.165, 1.54) is 6.20 Å². The summed E-state index contributed by atoms with van der Waals surface area (Å²) in [6.45, 7) is 3.85. The maximum Gasteiger partial charge on any atom is 0.393 e. The van der Waals surface area contributed by atoms with E-state index in [9.17, 15) is 13.2 Å². The zero-order chi connectivity index (χ0) is 10.8. The van der Waals surface area contributed by atoms with E-state index in [0.29, 0.717) is 0 Å². The third-order valence-electron chi connectivity index (χ3n) is 1.89. The molecule has 14 heavy (non-hydrogen) atoms. The third-order valence-corrected chi connectivity index (χ3v) is 1.89. The van der Waals surface area contributed by atoms with Crippen LogP contribution in [0.15, 0.2) is 18.5 Å². The van der Waals surface area contributed by atoms with Crippen molar-refractivity contribution < 1.29 is 13.2 Å². The van der Waals surface area contributed by atoms with Crippen molar-refractivity contribution in [3.8, 4) is 0 Å². The predicted molar refractivity (Wildman–Crippen MR) is 48.1 cm³/mol. The zero-order valence-electron chi connectivity index (χ0n) is 8.10. The fraction of sp³-hybridized carbons (Fsp3) is 0.500. The summed E-state index contributed by atoms with van der Waals surface area (Å²) >= 11 is 0. The van der Waals surface area contributed by atoms with Crippen LogP contribution in [0.3, 0.4) is 0 Å². The minimum atomic E-state index is -4.16. The second-order valence-electron chi connectivity index (χ2n) is 3.57. The van der Waals surface area contributed by atoms with Gasteiger partial charge in [-0.3, -0.25) is 4.98 Å². The summed E-state index contributed by atoms with van der Waals surface area (Å²) in [6, 6.07) is 1.56. The van der Waals surface area contributed by atoms with E-state index in [2.05, 4.69) is 4.98 Å².